The van der Waals surface area contributed by atoms with Gasteiger partial charge in [0.1, 0.15) is 0 Å². The van der Waals surface area contributed by atoms with Gasteiger partial charge in [-0.25, -0.2) is 0 Å². The maximum Gasteiger partial charge on any atom is 0.280 e. The Morgan fingerprint density at radius 3 is 2.43 bits per heavy atom. The summed E-state index contributed by atoms with van der Waals surface area (Å²) in [4.78, 5) is 10.3. The van der Waals surface area contributed by atoms with E-state index in [1.54, 1.807) is 0 Å². The fourth-order valence-electron chi connectivity index (χ4n) is 0.980. The molecule has 0 aliphatic heterocycles. The second-order valence-electron chi connectivity index (χ2n) is 2.43. The van der Waals surface area contributed by atoms with Crippen LogP contribution in [0.2, 0.25) is 0 Å². The molecule has 0 radical (unpaired) electrons. The van der Waals surface area contributed by atoms with E-state index in [1.165, 1.54) is 0 Å². The average molecular weight is 211 g/mol. The number of carbonyl (C=O) groups excluding carboxylic acids is 1. The Bertz CT molecular complexity index is 414. The van der Waals surface area contributed by atoms with Gasteiger partial charge < -0.3 is 4.42 Å². The molecule has 0 atom stereocenters. The molecule has 1 heterocycles. The van der Waals surface area contributed by atoms with Crippen LogP contribution in [-0.4, -0.2) is 16.5 Å². The van der Waals surface area contributed by atoms with Crippen LogP contribution in [0.3, 0.4) is 0 Å². The molecule has 0 aliphatic rings. The van der Waals surface area contributed by atoms with Gasteiger partial charge in [0, 0.05) is 5.56 Å². The van der Waals surface area contributed by atoms with Crippen molar-refractivity contribution >= 4 is 18.7 Å². The van der Waals surface area contributed by atoms with E-state index in [-0.39, 0.29) is 18.3 Å². The maximum atomic E-state index is 10.3. The number of nitrogens with zero attached hydrogens (tertiary/aromatic N) is 2. The van der Waals surface area contributed by atoms with Gasteiger partial charge in [0.15, 0.2) is 0 Å². The minimum Gasteiger partial charge on any atom is -0.414 e. The van der Waals surface area contributed by atoms with Crippen molar-refractivity contribution in [3.63, 3.8) is 0 Å². The van der Waals surface area contributed by atoms with Gasteiger partial charge in [0.05, 0.1) is 0 Å². The van der Waals surface area contributed by atoms with Crippen molar-refractivity contribution in [2.24, 2.45) is 0 Å². The highest BCUT2D eigenvalue weighted by atomic mass is 35.5. The number of halogens is 1. The quantitative estimate of drug-likeness (QED) is 0.712. The Balaban J connectivity index is 0.000000980. The van der Waals surface area contributed by atoms with Crippen LogP contribution in [0.5, 0.6) is 0 Å². The summed E-state index contributed by atoms with van der Waals surface area (Å²) in [6.07, 6.45) is 0.527. The minimum atomic E-state index is -0.00106. The highest BCUT2D eigenvalue weighted by Gasteiger charge is 2.05. The van der Waals surface area contributed by atoms with Crippen molar-refractivity contribution in [1.82, 2.24) is 10.2 Å². The molecule has 2 rings (SSSR count). The lowest BCUT2D eigenvalue weighted by Gasteiger charge is -1.90. The Morgan fingerprint density at radius 2 is 1.86 bits per heavy atom. The van der Waals surface area contributed by atoms with Crippen LogP contribution < -0.4 is 0 Å². The Labute approximate surface area is 86.4 Å². The second-order valence-corrected chi connectivity index (χ2v) is 2.43. The highest BCUT2D eigenvalue weighted by Crippen LogP contribution is 2.15. The van der Waals surface area contributed by atoms with Gasteiger partial charge in [-0.2, -0.15) is 0 Å². The first kappa shape index (κ1) is 10.4. The van der Waals surface area contributed by atoms with E-state index in [0.717, 1.165) is 5.56 Å². The zero-order valence-corrected chi connectivity index (χ0v) is 7.90. The standard InChI is InChI=1S/C9H6N2O2.ClH/c12-6-8-10-11-9(13-8)7-4-2-1-3-5-7;/h1-6H;1H. The van der Waals surface area contributed by atoms with E-state index in [9.17, 15) is 4.79 Å². The van der Waals surface area contributed by atoms with Crippen molar-refractivity contribution < 1.29 is 9.21 Å². The van der Waals surface area contributed by atoms with E-state index >= 15 is 0 Å². The largest absolute Gasteiger partial charge is 0.414 e. The van der Waals surface area contributed by atoms with Gasteiger partial charge in [-0.05, 0) is 12.1 Å². The van der Waals surface area contributed by atoms with Crippen molar-refractivity contribution in [1.29, 1.82) is 0 Å². The van der Waals surface area contributed by atoms with Crippen molar-refractivity contribution in [3.8, 4) is 11.5 Å². The number of aldehydes is 1. The SMILES string of the molecule is Cl.O=Cc1nnc(-c2ccccc2)o1. The summed E-state index contributed by atoms with van der Waals surface area (Å²) in [5.74, 6) is 0.363. The molecule has 0 spiro atoms. The molecule has 1 aromatic carbocycles. The first-order valence-electron chi connectivity index (χ1n) is 3.74. The Kier molecular flexibility index (Phi) is 3.36. The van der Waals surface area contributed by atoms with Crippen LogP contribution >= 0.6 is 12.4 Å². The first-order chi connectivity index (χ1) is 6.40. The molecule has 0 N–H and O–H groups in total. The van der Waals surface area contributed by atoms with Crippen molar-refractivity contribution in [2.45, 2.75) is 0 Å². The topological polar surface area (TPSA) is 56.0 Å². The van der Waals surface area contributed by atoms with Crippen LogP contribution in [0.1, 0.15) is 10.7 Å². The molecule has 0 saturated carbocycles. The number of benzene rings is 1. The van der Waals surface area contributed by atoms with Gasteiger partial charge in [-0.15, -0.1) is 22.6 Å². The average Bonchev–Trinajstić information content (AvgIpc) is 2.67. The third-order valence-electron chi connectivity index (χ3n) is 1.56. The van der Waals surface area contributed by atoms with E-state index in [2.05, 4.69) is 10.2 Å². The number of hydrogen-bond donors (Lipinski definition) is 0. The number of rotatable bonds is 2. The van der Waals surface area contributed by atoms with Crippen molar-refractivity contribution in [2.75, 3.05) is 0 Å². The molecule has 14 heavy (non-hydrogen) atoms. The summed E-state index contributed by atoms with van der Waals surface area (Å²) in [7, 11) is 0. The third kappa shape index (κ3) is 1.97. The van der Waals surface area contributed by atoms with Gasteiger partial charge in [-0.1, -0.05) is 18.2 Å². The molecule has 1 aromatic heterocycles. The maximum absolute atomic E-state index is 10.3. The molecule has 2 aromatic rings. The normalized spacial score (nSPS) is 9.14. The summed E-state index contributed by atoms with van der Waals surface area (Å²) >= 11 is 0. The lowest BCUT2D eigenvalue weighted by atomic mass is 10.2. The number of carbonyl (C=O) groups is 1. The van der Waals surface area contributed by atoms with Gasteiger partial charge in [0.2, 0.25) is 12.2 Å². The van der Waals surface area contributed by atoms with E-state index in [1.807, 2.05) is 30.3 Å². The summed E-state index contributed by atoms with van der Waals surface area (Å²) < 4.78 is 5.03. The molecule has 0 saturated heterocycles. The molecule has 0 amide bonds. The monoisotopic (exact) mass is 210 g/mol. The van der Waals surface area contributed by atoms with Crippen LogP contribution in [0.4, 0.5) is 0 Å². The first-order valence-corrected chi connectivity index (χ1v) is 3.74. The van der Waals surface area contributed by atoms with Crippen LogP contribution in [0.15, 0.2) is 34.7 Å². The second kappa shape index (κ2) is 4.53. The van der Waals surface area contributed by atoms with Gasteiger partial charge in [0.25, 0.3) is 5.89 Å². The van der Waals surface area contributed by atoms with Crippen LogP contribution in [-0.2, 0) is 0 Å². The molecule has 0 fully saturated rings. The van der Waals surface area contributed by atoms with Gasteiger partial charge >= 0.3 is 0 Å². The predicted molar refractivity (Wildman–Crippen MR) is 52.4 cm³/mol. The molecule has 4 nitrogen and oxygen atoms in total. The van der Waals surface area contributed by atoms with E-state index in [4.69, 9.17) is 4.42 Å². The molecular formula is C9H7ClN2O2. The van der Waals surface area contributed by atoms with Crippen molar-refractivity contribution in [3.05, 3.63) is 36.2 Å². The van der Waals surface area contributed by atoms with Crippen LogP contribution in [0.25, 0.3) is 11.5 Å². The van der Waals surface area contributed by atoms with Crippen LogP contribution in [0, 0.1) is 0 Å². The number of hydrogen-bond acceptors (Lipinski definition) is 4. The van der Waals surface area contributed by atoms with Gasteiger partial charge in [-0.3, -0.25) is 4.79 Å². The molecule has 0 aliphatic carbocycles. The van der Waals surface area contributed by atoms with E-state index in [0.29, 0.717) is 12.2 Å². The van der Waals surface area contributed by atoms with E-state index < -0.39 is 0 Å². The summed E-state index contributed by atoms with van der Waals surface area (Å²) in [6.45, 7) is 0. The molecule has 72 valence electrons. The summed E-state index contributed by atoms with van der Waals surface area (Å²) in [5, 5.41) is 7.24. The minimum absolute atomic E-state index is 0. The lowest BCUT2D eigenvalue weighted by Crippen LogP contribution is -1.76. The fourth-order valence-corrected chi connectivity index (χ4v) is 0.980. The molecule has 5 heteroatoms. The number of aromatic nitrogens is 2. The summed E-state index contributed by atoms with van der Waals surface area (Å²) in [5.41, 5.74) is 0.808. The Morgan fingerprint density at radius 1 is 1.14 bits per heavy atom. The molecular weight excluding hydrogens is 204 g/mol. The summed E-state index contributed by atoms with van der Waals surface area (Å²) in [6, 6.07) is 9.28. The highest BCUT2D eigenvalue weighted by molar-refractivity contribution is 5.85. The molecule has 0 bridgehead atoms. The smallest absolute Gasteiger partial charge is 0.280 e. The predicted octanol–water partition coefficient (Wildman–Crippen LogP) is 1.97. The Hall–Kier alpha value is -1.68. The lowest BCUT2D eigenvalue weighted by molar-refractivity contribution is 0.109. The zero-order valence-electron chi connectivity index (χ0n) is 7.08. The third-order valence-corrected chi connectivity index (χ3v) is 1.56. The zero-order chi connectivity index (χ0) is 9.10. The molecule has 0 unspecified atom stereocenters. The fraction of sp³-hybridized carbons (Fsp3) is 0.